The minimum atomic E-state index is -0.861. The zero-order valence-corrected chi connectivity index (χ0v) is 13.8. The van der Waals surface area contributed by atoms with E-state index in [9.17, 15) is 9.90 Å². The van der Waals surface area contributed by atoms with Crippen molar-refractivity contribution in [1.29, 1.82) is 0 Å². The Hall–Kier alpha value is -2.81. The Morgan fingerprint density at radius 1 is 1.04 bits per heavy atom. The van der Waals surface area contributed by atoms with Crippen LogP contribution in [0.5, 0.6) is 0 Å². The molecule has 0 saturated carbocycles. The van der Waals surface area contributed by atoms with Gasteiger partial charge in [0.1, 0.15) is 0 Å². The van der Waals surface area contributed by atoms with Gasteiger partial charge in [-0.25, -0.2) is 4.79 Å². The maximum atomic E-state index is 11.8. The van der Waals surface area contributed by atoms with Gasteiger partial charge in [-0.2, -0.15) is 0 Å². The molecular formula is C21H19NO2. The number of rotatable bonds is 1. The summed E-state index contributed by atoms with van der Waals surface area (Å²) >= 11 is 0. The summed E-state index contributed by atoms with van der Waals surface area (Å²) in [6.45, 7) is 1.71. The van der Waals surface area contributed by atoms with Crippen LogP contribution >= 0.6 is 0 Å². The minimum Gasteiger partial charge on any atom is -0.478 e. The molecule has 1 aromatic heterocycles. The average molecular weight is 317 g/mol. The Balaban J connectivity index is 2.18. The molecule has 24 heavy (non-hydrogen) atoms. The van der Waals surface area contributed by atoms with E-state index >= 15 is 0 Å². The highest BCUT2D eigenvalue weighted by molar-refractivity contribution is 6.07. The maximum Gasteiger partial charge on any atom is 0.331 e. The topological polar surface area (TPSA) is 42.2 Å². The zero-order valence-electron chi connectivity index (χ0n) is 13.8. The number of para-hydroxylation sites is 1. The van der Waals surface area contributed by atoms with E-state index < -0.39 is 5.97 Å². The standard InChI is InChI=1S/C21H19NO2/c1-13(21(23)24)19-15-8-4-3-7-14(15)11-12-18-20(19)16-9-5-6-10-17(16)22(18)2/h3-10H,11-12H2,1-2H3,(H,23,24)/b19-13+. The fourth-order valence-electron chi connectivity index (χ4n) is 3.88. The van der Waals surface area contributed by atoms with Gasteiger partial charge in [0.15, 0.2) is 0 Å². The van der Waals surface area contributed by atoms with Crippen molar-refractivity contribution in [3.05, 3.63) is 76.5 Å². The van der Waals surface area contributed by atoms with Crippen molar-refractivity contribution in [2.75, 3.05) is 0 Å². The number of benzene rings is 2. The molecular weight excluding hydrogens is 298 g/mol. The van der Waals surface area contributed by atoms with E-state index in [2.05, 4.69) is 29.8 Å². The number of carboxylic acid groups (broad SMARTS) is 1. The Labute approximate surface area is 140 Å². The van der Waals surface area contributed by atoms with Crippen LogP contribution in [0.15, 0.2) is 54.1 Å². The smallest absolute Gasteiger partial charge is 0.331 e. The summed E-state index contributed by atoms with van der Waals surface area (Å²) < 4.78 is 2.21. The lowest BCUT2D eigenvalue weighted by molar-refractivity contribution is -0.132. The third-order valence-corrected chi connectivity index (χ3v) is 5.09. The fourth-order valence-corrected chi connectivity index (χ4v) is 3.88. The van der Waals surface area contributed by atoms with Crippen molar-refractivity contribution in [3.63, 3.8) is 0 Å². The lowest BCUT2D eigenvalue weighted by Gasteiger charge is -2.13. The zero-order chi connectivity index (χ0) is 16.8. The van der Waals surface area contributed by atoms with Gasteiger partial charge in [-0.1, -0.05) is 42.5 Å². The average Bonchev–Trinajstić information content (AvgIpc) is 2.77. The third-order valence-electron chi connectivity index (χ3n) is 5.09. The molecule has 3 nitrogen and oxygen atoms in total. The molecule has 0 fully saturated rings. The van der Waals surface area contributed by atoms with Crippen LogP contribution in [0.4, 0.5) is 0 Å². The predicted molar refractivity (Wildman–Crippen MR) is 96.1 cm³/mol. The second kappa shape index (κ2) is 5.38. The van der Waals surface area contributed by atoms with Gasteiger partial charge < -0.3 is 9.67 Å². The molecule has 0 bridgehead atoms. The normalized spacial score (nSPS) is 15.6. The van der Waals surface area contributed by atoms with E-state index in [1.54, 1.807) is 6.92 Å². The van der Waals surface area contributed by atoms with Crippen molar-refractivity contribution in [1.82, 2.24) is 4.57 Å². The molecule has 0 aliphatic heterocycles. The van der Waals surface area contributed by atoms with Gasteiger partial charge in [0.05, 0.1) is 0 Å². The lowest BCUT2D eigenvalue weighted by atomic mass is 9.90. The van der Waals surface area contributed by atoms with Crippen molar-refractivity contribution in [3.8, 4) is 0 Å². The Bertz CT molecular complexity index is 1010. The molecule has 3 aromatic rings. The summed E-state index contributed by atoms with van der Waals surface area (Å²) in [7, 11) is 2.07. The van der Waals surface area contributed by atoms with E-state index in [0.29, 0.717) is 5.57 Å². The van der Waals surface area contributed by atoms with Gasteiger partial charge in [0.2, 0.25) is 0 Å². The number of nitrogens with zero attached hydrogens (tertiary/aromatic N) is 1. The van der Waals surface area contributed by atoms with Gasteiger partial charge in [0.25, 0.3) is 0 Å². The molecule has 2 aromatic carbocycles. The highest BCUT2D eigenvalue weighted by Gasteiger charge is 2.26. The molecule has 3 heteroatoms. The molecule has 0 amide bonds. The molecule has 0 spiro atoms. The monoisotopic (exact) mass is 317 g/mol. The third kappa shape index (κ3) is 2.01. The Morgan fingerprint density at radius 2 is 1.75 bits per heavy atom. The highest BCUT2D eigenvalue weighted by Crippen LogP contribution is 2.40. The van der Waals surface area contributed by atoms with Crippen molar-refractivity contribution < 1.29 is 9.90 Å². The summed E-state index contributed by atoms with van der Waals surface area (Å²) in [6, 6.07) is 16.4. The fraction of sp³-hybridized carbons (Fsp3) is 0.190. The van der Waals surface area contributed by atoms with Gasteiger partial charge in [-0.3, -0.25) is 0 Å². The number of hydrogen-bond donors (Lipinski definition) is 1. The molecule has 0 saturated heterocycles. The van der Waals surface area contributed by atoms with Gasteiger partial charge in [0, 0.05) is 40.4 Å². The van der Waals surface area contributed by atoms with Crippen LogP contribution in [0.2, 0.25) is 0 Å². The number of aromatic nitrogens is 1. The molecule has 0 atom stereocenters. The van der Waals surface area contributed by atoms with E-state index in [0.717, 1.165) is 40.4 Å². The summed E-state index contributed by atoms with van der Waals surface area (Å²) in [6.07, 6.45) is 1.83. The molecule has 120 valence electrons. The van der Waals surface area contributed by atoms with Gasteiger partial charge in [-0.05, 0) is 37.0 Å². The van der Waals surface area contributed by atoms with Gasteiger partial charge >= 0.3 is 5.97 Å². The first-order valence-electron chi connectivity index (χ1n) is 8.18. The molecule has 1 heterocycles. The predicted octanol–water partition coefficient (Wildman–Crippen LogP) is 4.18. The molecule has 1 aliphatic carbocycles. The second-order valence-electron chi connectivity index (χ2n) is 6.36. The number of fused-ring (bicyclic) bond motifs is 4. The molecule has 1 aliphatic rings. The Morgan fingerprint density at radius 3 is 2.54 bits per heavy atom. The first-order valence-corrected chi connectivity index (χ1v) is 8.18. The van der Waals surface area contributed by atoms with Gasteiger partial charge in [-0.15, -0.1) is 0 Å². The first-order chi connectivity index (χ1) is 11.6. The quantitative estimate of drug-likeness (QED) is 0.684. The molecule has 1 N–H and O–H groups in total. The van der Waals surface area contributed by atoms with Crippen LogP contribution in [0.25, 0.3) is 16.5 Å². The number of aliphatic carboxylic acids is 1. The Kier molecular flexibility index (Phi) is 3.31. The van der Waals surface area contributed by atoms with E-state index in [4.69, 9.17) is 0 Å². The van der Waals surface area contributed by atoms with E-state index in [-0.39, 0.29) is 0 Å². The first kappa shape index (κ1) is 14.8. The number of carboxylic acids is 1. The van der Waals surface area contributed by atoms with Crippen molar-refractivity contribution in [2.24, 2.45) is 7.05 Å². The van der Waals surface area contributed by atoms with Crippen molar-refractivity contribution in [2.45, 2.75) is 19.8 Å². The molecule has 0 unspecified atom stereocenters. The summed E-state index contributed by atoms with van der Waals surface area (Å²) in [5, 5.41) is 10.8. The molecule has 0 radical (unpaired) electrons. The summed E-state index contributed by atoms with van der Waals surface area (Å²) in [4.78, 5) is 11.8. The SMILES string of the molecule is C/C(C(=O)O)=C1/c2ccccc2CCc2c1c1ccccc1n2C. The molecule has 4 rings (SSSR count). The van der Waals surface area contributed by atoms with Crippen LogP contribution in [0.3, 0.4) is 0 Å². The van der Waals surface area contributed by atoms with E-state index in [1.165, 1.54) is 11.3 Å². The van der Waals surface area contributed by atoms with Crippen LogP contribution in [0, 0.1) is 0 Å². The maximum absolute atomic E-state index is 11.8. The second-order valence-corrected chi connectivity index (χ2v) is 6.36. The van der Waals surface area contributed by atoms with Crippen LogP contribution in [0.1, 0.15) is 29.3 Å². The summed E-state index contributed by atoms with van der Waals surface area (Å²) in [5.74, 6) is -0.861. The largest absolute Gasteiger partial charge is 0.478 e. The van der Waals surface area contributed by atoms with Crippen LogP contribution in [-0.2, 0) is 24.7 Å². The van der Waals surface area contributed by atoms with Crippen LogP contribution in [-0.4, -0.2) is 15.6 Å². The minimum absolute atomic E-state index is 0.405. The summed E-state index contributed by atoms with van der Waals surface area (Å²) in [5.41, 5.74) is 6.98. The number of hydrogen-bond acceptors (Lipinski definition) is 1. The highest BCUT2D eigenvalue weighted by atomic mass is 16.4. The van der Waals surface area contributed by atoms with E-state index in [1.807, 2.05) is 30.3 Å². The van der Waals surface area contributed by atoms with Crippen LogP contribution < -0.4 is 0 Å². The van der Waals surface area contributed by atoms with Crippen molar-refractivity contribution >= 4 is 22.4 Å². The lowest BCUT2D eigenvalue weighted by Crippen LogP contribution is -2.03. The number of carbonyl (C=O) groups is 1. The number of aryl methyl sites for hydroxylation is 2.